The molecule has 0 atom stereocenters. The van der Waals surface area contributed by atoms with Crippen LogP contribution in [0.1, 0.15) is 20.3 Å². The molecule has 0 saturated heterocycles. The fourth-order valence-electron chi connectivity index (χ4n) is 1.03. The molecule has 0 bridgehead atoms. The highest BCUT2D eigenvalue weighted by molar-refractivity contribution is 7.80. The van der Waals surface area contributed by atoms with E-state index in [2.05, 4.69) is 17.5 Å². The molecule has 0 aliphatic heterocycles. The van der Waals surface area contributed by atoms with E-state index in [-0.39, 0.29) is 11.0 Å². The van der Waals surface area contributed by atoms with E-state index in [0.717, 1.165) is 13.1 Å². The summed E-state index contributed by atoms with van der Waals surface area (Å²) in [7, 11) is 0. The maximum absolute atomic E-state index is 11.4. The van der Waals surface area contributed by atoms with Crippen LogP contribution in [0.25, 0.3) is 0 Å². The Morgan fingerprint density at radius 3 is 2.38 bits per heavy atom. The molecule has 0 aliphatic rings. The van der Waals surface area contributed by atoms with Gasteiger partial charge < -0.3 is 16.0 Å². The highest BCUT2D eigenvalue weighted by Crippen LogP contribution is 1.92. The number of nitrogens with zero attached hydrogens (tertiary/aromatic N) is 1. The number of hydrogen-bond acceptors (Lipinski definition) is 2. The topological polar surface area (TPSA) is 58.4 Å². The Morgan fingerprint density at radius 2 is 2.00 bits per heavy atom. The molecule has 0 spiro atoms. The third-order valence-electron chi connectivity index (χ3n) is 1.75. The van der Waals surface area contributed by atoms with Gasteiger partial charge in [-0.15, -0.1) is 0 Å². The van der Waals surface area contributed by atoms with E-state index < -0.39 is 0 Å². The van der Waals surface area contributed by atoms with Gasteiger partial charge in [0.2, 0.25) is 5.91 Å². The summed E-state index contributed by atoms with van der Waals surface area (Å²) >= 11 is 4.61. The standard InChI is InChI=1S/C8H17N3OS/c1-3-11(4-2)7(12)5-6-10-8(9)13/h3-6H2,1-2H3,(H3,9,10,13). The second-order valence-electron chi connectivity index (χ2n) is 2.61. The number of nitrogens with two attached hydrogens (primary N) is 1. The predicted molar refractivity (Wildman–Crippen MR) is 57.3 cm³/mol. The Hall–Kier alpha value is -0.840. The Bertz CT molecular complexity index is 180. The molecule has 0 unspecified atom stereocenters. The van der Waals surface area contributed by atoms with Crippen molar-refractivity contribution >= 4 is 23.2 Å². The summed E-state index contributed by atoms with van der Waals surface area (Å²) in [5.74, 6) is 0.133. The van der Waals surface area contributed by atoms with Crippen molar-refractivity contribution in [2.75, 3.05) is 19.6 Å². The molecule has 4 nitrogen and oxygen atoms in total. The molecule has 0 aromatic rings. The van der Waals surface area contributed by atoms with Gasteiger partial charge in [0.15, 0.2) is 5.11 Å². The van der Waals surface area contributed by atoms with Gasteiger partial charge in [-0.1, -0.05) is 0 Å². The molecule has 0 fully saturated rings. The molecule has 0 radical (unpaired) electrons. The van der Waals surface area contributed by atoms with Crippen LogP contribution < -0.4 is 11.1 Å². The summed E-state index contributed by atoms with van der Waals surface area (Å²) in [5, 5.41) is 2.98. The molecule has 0 aromatic carbocycles. The number of hydrogen-bond donors (Lipinski definition) is 2. The van der Waals surface area contributed by atoms with E-state index >= 15 is 0 Å². The maximum Gasteiger partial charge on any atom is 0.224 e. The van der Waals surface area contributed by atoms with Gasteiger partial charge in [0.05, 0.1) is 0 Å². The molecule has 0 aliphatic carbocycles. The second kappa shape index (κ2) is 6.65. The lowest BCUT2D eigenvalue weighted by molar-refractivity contribution is -0.130. The molecule has 13 heavy (non-hydrogen) atoms. The van der Waals surface area contributed by atoms with Crippen LogP contribution in [0.2, 0.25) is 0 Å². The van der Waals surface area contributed by atoms with E-state index in [1.165, 1.54) is 0 Å². The van der Waals surface area contributed by atoms with Gasteiger partial charge in [-0.05, 0) is 26.1 Å². The summed E-state index contributed by atoms with van der Waals surface area (Å²) in [6.45, 7) is 5.94. The number of nitrogens with one attached hydrogen (secondary N) is 1. The van der Waals surface area contributed by atoms with Crippen LogP contribution in [-0.2, 0) is 4.79 Å². The van der Waals surface area contributed by atoms with Crippen molar-refractivity contribution < 1.29 is 4.79 Å². The van der Waals surface area contributed by atoms with Crippen molar-refractivity contribution in [1.82, 2.24) is 10.2 Å². The Balaban J connectivity index is 3.66. The van der Waals surface area contributed by atoms with Gasteiger partial charge >= 0.3 is 0 Å². The molecule has 0 rings (SSSR count). The normalized spacial score (nSPS) is 9.38. The van der Waals surface area contributed by atoms with Crippen molar-refractivity contribution in [1.29, 1.82) is 0 Å². The first-order valence-electron chi connectivity index (χ1n) is 4.42. The number of thiocarbonyl (C=S) groups is 1. The minimum atomic E-state index is 0.133. The van der Waals surface area contributed by atoms with Crippen LogP contribution in [0.4, 0.5) is 0 Å². The van der Waals surface area contributed by atoms with Crippen LogP contribution in [0.3, 0.4) is 0 Å². The number of amides is 1. The van der Waals surface area contributed by atoms with E-state index in [4.69, 9.17) is 5.73 Å². The average molecular weight is 203 g/mol. The molecule has 3 N–H and O–H groups in total. The van der Waals surface area contributed by atoms with Gasteiger partial charge in [0, 0.05) is 26.1 Å². The Kier molecular flexibility index (Phi) is 6.22. The number of carbonyl (C=O) groups is 1. The first-order chi connectivity index (χ1) is 6.11. The van der Waals surface area contributed by atoms with Crippen LogP contribution in [-0.4, -0.2) is 35.6 Å². The lowest BCUT2D eigenvalue weighted by Crippen LogP contribution is -2.35. The van der Waals surface area contributed by atoms with E-state index in [1.54, 1.807) is 4.90 Å². The highest BCUT2D eigenvalue weighted by atomic mass is 32.1. The molecule has 76 valence electrons. The predicted octanol–water partition coefficient (Wildman–Crippen LogP) is 0.0781. The smallest absolute Gasteiger partial charge is 0.224 e. The second-order valence-corrected chi connectivity index (χ2v) is 3.05. The number of rotatable bonds is 5. The zero-order chi connectivity index (χ0) is 10.3. The zero-order valence-electron chi connectivity index (χ0n) is 8.17. The quantitative estimate of drug-likeness (QED) is 0.621. The van der Waals surface area contributed by atoms with E-state index in [9.17, 15) is 4.79 Å². The van der Waals surface area contributed by atoms with Crippen LogP contribution in [0.5, 0.6) is 0 Å². The molecular weight excluding hydrogens is 186 g/mol. The first kappa shape index (κ1) is 12.2. The van der Waals surface area contributed by atoms with Crippen LogP contribution >= 0.6 is 12.2 Å². The molecule has 0 aromatic heterocycles. The SMILES string of the molecule is CCN(CC)C(=O)CCNC(N)=S. The monoisotopic (exact) mass is 203 g/mol. The third kappa shape index (κ3) is 5.41. The third-order valence-corrected chi connectivity index (χ3v) is 1.90. The Labute approximate surface area is 84.5 Å². The van der Waals surface area contributed by atoms with Crippen molar-refractivity contribution in [3.05, 3.63) is 0 Å². The molecular formula is C8H17N3OS. The summed E-state index contributed by atoms with van der Waals surface area (Å²) in [4.78, 5) is 13.2. The maximum atomic E-state index is 11.4. The summed E-state index contributed by atoms with van der Waals surface area (Å²) in [6.07, 6.45) is 0.443. The summed E-state index contributed by atoms with van der Waals surface area (Å²) < 4.78 is 0. The Morgan fingerprint density at radius 1 is 1.46 bits per heavy atom. The largest absolute Gasteiger partial charge is 0.376 e. The number of carbonyl (C=O) groups excluding carboxylic acids is 1. The van der Waals surface area contributed by atoms with Gasteiger partial charge in [-0.2, -0.15) is 0 Å². The molecule has 0 saturated carbocycles. The van der Waals surface area contributed by atoms with E-state index in [0.29, 0.717) is 13.0 Å². The van der Waals surface area contributed by atoms with Crippen molar-refractivity contribution in [3.8, 4) is 0 Å². The van der Waals surface area contributed by atoms with E-state index in [1.807, 2.05) is 13.8 Å². The lowest BCUT2D eigenvalue weighted by Gasteiger charge is -2.18. The molecule has 1 amide bonds. The van der Waals surface area contributed by atoms with Crippen molar-refractivity contribution in [2.45, 2.75) is 20.3 Å². The first-order valence-corrected chi connectivity index (χ1v) is 4.83. The molecule has 5 heteroatoms. The average Bonchev–Trinajstić information content (AvgIpc) is 2.05. The summed E-state index contributed by atoms with van der Waals surface area (Å²) in [6, 6.07) is 0. The van der Waals surface area contributed by atoms with Gasteiger partial charge in [-0.25, -0.2) is 0 Å². The highest BCUT2D eigenvalue weighted by Gasteiger charge is 2.07. The van der Waals surface area contributed by atoms with Gasteiger partial charge in [-0.3, -0.25) is 4.79 Å². The molecule has 0 heterocycles. The lowest BCUT2D eigenvalue weighted by atomic mass is 10.3. The zero-order valence-corrected chi connectivity index (χ0v) is 8.99. The fraction of sp³-hybridized carbons (Fsp3) is 0.750. The van der Waals surface area contributed by atoms with Crippen molar-refractivity contribution in [3.63, 3.8) is 0 Å². The van der Waals surface area contributed by atoms with Gasteiger partial charge in [0.1, 0.15) is 0 Å². The minimum absolute atomic E-state index is 0.133. The van der Waals surface area contributed by atoms with Crippen LogP contribution in [0, 0.1) is 0 Å². The van der Waals surface area contributed by atoms with Crippen molar-refractivity contribution in [2.24, 2.45) is 5.73 Å². The van der Waals surface area contributed by atoms with Crippen LogP contribution in [0.15, 0.2) is 0 Å². The van der Waals surface area contributed by atoms with Gasteiger partial charge in [0.25, 0.3) is 0 Å². The fourth-order valence-corrected chi connectivity index (χ4v) is 1.13. The minimum Gasteiger partial charge on any atom is -0.376 e. The summed E-state index contributed by atoms with van der Waals surface area (Å²) in [5.41, 5.74) is 5.22.